The number of aryl methyl sites for hydroxylation is 2. The zero-order chi connectivity index (χ0) is 22.0. The molecule has 0 unspecified atom stereocenters. The quantitative estimate of drug-likeness (QED) is 0.812. The molecule has 3 rings (SSSR count). The number of nitrogens with zero attached hydrogens (tertiary/aromatic N) is 2. The number of benzene rings is 2. The van der Waals surface area contributed by atoms with Crippen molar-refractivity contribution in [1.29, 1.82) is 0 Å². The SMILES string of the molecule is CC(=O)Nc1ccc(C)c(N2CC(=O)N(c3cc(NC(C)=O)ccc3C)CC2=O)c1. The van der Waals surface area contributed by atoms with Crippen molar-refractivity contribution in [3.63, 3.8) is 0 Å². The van der Waals surface area contributed by atoms with Crippen molar-refractivity contribution in [2.75, 3.05) is 33.5 Å². The Hall–Kier alpha value is -3.68. The van der Waals surface area contributed by atoms with Gasteiger partial charge in [0.2, 0.25) is 23.6 Å². The van der Waals surface area contributed by atoms with Gasteiger partial charge in [0.15, 0.2) is 0 Å². The second-order valence-corrected chi connectivity index (χ2v) is 7.32. The van der Waals surface area contributed by atoms with Crippen LogP contribution in [0.3, 0.4) is 0 Å². The van der Waals surface area contributed by atoms with Crippen LogP contribution in [0.25, 0.3) is 0 Å². The van der Waals surface area contributed by atoms with E-state index in [2.05, 4.69) is 10.6 Å². The Balaban J connectivity index is 1.88. The second-order valence-electron chi connectivity index (χ2n) is 7.32. The van der Waals surface area contributed by atoms with Crippen molar-refractivity contribution >= 4 is 46.4 Å². The van der Waals surface area contributed by atoms with E-state index in [0.717, 1.165) is 11.1 Å². The minimum atomic E-state index is -0.234. The minimum Gasteiger partial charge on any atom is -0.326 e. The smallest absolute Gasteiger partial charge is 0.247 e. The maximum absolute atomic E-state index is 13.0. The Morgan fingerprint density at radius 3 is 1.43 bits per heavy atom. The van der Waals surface area contributed by atoms with Crippen LogP contribution in [-0.2, 0) is 19.2 Å². The average Bonchev–Trinajstić information content (AvgIpc) is 2.66. The molecule has 0 spiro atoms. The lowest BCUT2D eigenvalue weighted by atomic mass is 10.1. The van der Waals surface area contributed by atoms with Gasteiger partial charge >= 0.3 is 0 Å². The van der Waals surface area contributed by atoms with Crippen LogP contribution >= 0.6 is 0 Å². The summed E-state index contributed by atoms with van der Waals surface area (Å²) in [5, 5.41) is 5.39. The first-order valence-electron chi connectivity index (χ1n) is 9.53. The molecule has 0 aromatic heterocycles. The van der Waals surface area contributed by atoms with E-state index >= 15 is 0 Å². The summed E-state index contributed by atoms with van der Waals surface area (Å²) in [6.45, 7) is 6.27. The lowest BCUT2D eigenvalue weighted by molar-refractivity contribution is -0.125. The molecule has 8 heteroatoms. The minimum absolute atomic E-state index is 0.118. The summed E-state index contributed by atoms with van der Waals surface area (Å²) in [4.78, 5) is 51.5. The number of anilines is 4. The van der Waals surface area contributed by atoms with E-state index in [4.69, 9.17) is 0 Å². The van der Waals surface area contributed by atoms with Crippen molar-refractivity contribution < 1.29 is 19.2 Å². The topological polar surface area (TPSA) is 98.8 Å². The maximum Gasteiger partial charge on any atom is 0.247 e. The van der Waals surface area contributed by atoms with Crippen LogP contribution < -0.4 is 20.4 Å². The van der Waals surface area contributed by atoms with Gasteiger partial charge in [0.05, 0.1) is 0 Å². The third-order valence-electron chi connectivity index (χ3n) is 4.83. The van der Waals surface area contributed by atoms with Gasteiger partial charge in [0.25, 0.3) is 0 Å². The Bertz CT molecular complexity index is 964. The van der Waals surface area contributed by atoms with Crippen molar-refractivity contribution in [3.8, 4) is 0 Å². The normalized spacial score (nSPS) is 14.0. The van der Waals surface area contributed by atoms with E-state index in [1.54, 1.807) is 36.4 Å². The number of rotatable bonds is 4. The first kappa shape index (κ1) is 21.0. The van der Waals surface area contributed by atoms with Gasteiger partial charge in [-0.1, -0.05) is 12.1 Å². The molecule has 2 aromatic rings. The maximum atomic E-state index is 13.0. The third kappa shape index (κ3) is 4.48. The molecule has 1 heterocycles. The fraction of sp³-hybridized carbons (Fsp3) is 0.273. The van der Waals surface area contributed by atoms with E-state index in [1.165, 1.54) is 23.6 Å². The summed E-state index contributed by atoms with van der Waals surface area (Å²) in [5.74, 6) is -0.901. The molecule has 0 atom stereocenters. The standard InChI is InChI=1S/C22H24N4O4/c1-13-5-7-17(23-15(3)27)9-19(13)25-11-22(30)26(12-21(25)29)20-10-18(24-16(4)28)8-6-14(20)2/h5-10H,11-12H2,1-4H3,(H,23,27)(H,24,28). The molecule has 1 aliphatic heterocycles. The molecule has 1 aliphatic rings. The lowest BCUT2D eigenvalue weighted by Gasteiger charge is -2.35. The molecule has 0 saturated carbocycles. The van der Waals surface area contributed by atoms with Gasteiger partial charge in [0, 0.05) is 36.6 Å². The molecular weight excluding hydrogens is 384 g/mol. The number of hydrogen-bond acceptors (Lipinski definition) is 4. The van der Waals surface area contributed by atoms with Gasteiger partial charge in [0.1, 0.15) is 13.1 Å². The van der Waals surface area contributed by atoms with Crippen LogP contribution in [0.1, 0.15) is 25.0 Å². The average molecular weight is 408 g/mol. The van der Waals surface area contributed by atoms with Gasteiger partial charge in [-0.25, -0.2) is 0 Å². The highest BCUT2D eigenvalue weighted by Crippen LogP contribution is 2.30. The molecule has 4 amide bonds. The Labute approximate surface area is 174 Å². The van der Waals surface area contributed by atoms with Crippen LogP contribution in [0.4, 0.5) is 22.7 Å². The number of carbonyl (C=O) groups is 4. The summed E-state index contributed by atoms with van der Waals surface area (Å²) in [5.41, 5.74) is 3.94. The van der Waals surface area contributed by atoms with Crippen molar-refractivity contribution in [1.82, 2.24) is 0 Å². The zero-order valence-corrected chi connectivity index (χ0v) is 17.4. The fourth-order valence-electron chi connectivity index (χ4n) is 3.42. The first-order chi connectivity index (χ1) is 14.2. The Kier molecular flexibility index (Phi) is 5.86. The molecule has 0 aliphatic carbocycles. The van der Waals surface area contributed by atoms with E-state index in [0.29, 0.717) is 22.7 Å². The highest BCUT2D eigenvalue weighted by molar-refractivity contribution is 6.13. The van der Waals surface area contributed by atoms with E-state index in [9.17, 15) is 19.2 Å². The summed E-state index contributed by atoms with van der Waals surface area (Å²) < 4.78 is 0. The second kappa shape index (κ2) is 8.36. The van der Waals surface area contributed by atoms with Gasteiger partial charge in [-0.05, 0) is 49.2 Å². The molecule has 0 bridgehead atoms. The molecule has 1 saturated heterocycles. The summed E-state index contributed by atoms with van der Waals surface area (Å²) in [7, 11) is 0. The molecule has 1 fully saturated rings. The third-order valence-corrected chi connectivity index (χ3v) is 4.83. The van der Waals surface area contributed by atoms with Gasteiger partial charge in [-0.15, -0.1) is 0 Å². The predicted molar refractivity (Wildman–Crippen MR) is 116 cm³/mol. The van der Waals surface area contributed by atoms with E-state index in [-0.39, 0.29) is 36.7 Å². The predicted octanol–water partition coefficient (Wildman–Crippen LogP) is 2.60. The highest BCUT2D eigenvalue weighted by atomic mass is 16.2. The Morgan fingerprint density at radius 2 is 1.10 bits per heavy atom. The highest BCUT2D eigenvalue weighted by Gasteiger charge is 2.33. The fourth-order valence-corrected chi connectivity index (χ4v) is 3.42. The lowest BCUT2D eigenvalue weighted by Crippen LogP contribution is -2.54. The molecule has 30 heavy (non-hydrogen) atoms. The molecule has 0 radical (unpaired) electrons. The monoisotopic (exact) mass is 408 g/mol. The molecule has 2 aromatic carbocycles. The molecule has 8 nitrogen and oxygen atoms in total. The van der Waals surface area contributed by atoms with E-state index < -0.39 is 0 Å². The number of hydrogen-bond donors (Lipinski definition) is 2. The first-order valence-corrected chi connectivity index (χ1v) is 9.53. The number of carbonyl (C=O) groups excluding carboxylic acids is 4. The summed E-state index contributed by atoms with van der Waals surface area (Å²) >= 11 is 0. The van der Waals surface area contributed by atoms with Crippen LogP contribution in [0, 0.1) is 13.8 Å². The summed E-state index contributed by atoms with van der Waals surface area (Å²) in [6.07, 6.45) is 0. The number of nitrogens with one attached hydrogen (secondary N) is 2. The van der Waals surface area contributed by atoms with Gasteiger partial charge in [-0.2, -0.15) is 0 Å². The van der Waals surface area contributed by atoms with Crippen molar-refractivity contribution in [3.05, 3.63) is 47.5 Å². The van der Waals surface area contributed by atoms with Gasteiger partial charge in [-0.3, -0.25) is 19.2 Å². The largest absolute Gasteiger partial charge is 0.326 e. The number of piperazine rings is 1. The van der Waals surface area contributed by atoms with Crippen LogP contribution in [0.2, 0.25) is 0 Å². The van der Waals surface area contributed by atoms with Crippen molar-refractivity contribution in [2.45, 2.75) is 27.7 Å². The zero-order valence-electron chi connectivity index (χ0n) is 17.4. The van der Waals surface area contributed by atoms with Crippen LogP contribution in [0.15, 0.2) is 36.4 Å². The summed E-state index contributed by atoms with van der Waals surface area (Å²) in [6, 6.07) is 10.5. The van der Waals surface area contributed by atoms with Crippen LogP contribution in [-0.4, -0.2) is 36.7 Å². The molecule has 2 N–H and O–H groups in total. The van der Waals surface area contributed by atoms with Crippen LogP contribution in [0.5, 0.6) is 0 Å². The van der Waals surface area contributed by atoms with E-state index in [1.807, 2.05) is 13.8 Å². The van der Waals surface area contributed by atoms with Crippen molar-refractivity contribution in [2.24, 2.45) is 0 Å². The molecule has 156 valence electrons. The molecular formula is C22H24N4O4. The Morgan fingerprint density at radius 1 is 0.733 bits per heavy atom. The number of amides is 4. The van der Waals surface area contributed by atoms with Gasteiger partial charge < -0.3 is 20.4 Å².